The molecule has 0 bridgehead atoms. The number of nitrogens with zero attached hydrogens (tertiary/aromatic N) is 6. The maximum absolute atomic E-state index is 12.9. The lowest BCUT2D eigenvalue weighted by Gasteiger charge is -2.34. The number of para-hydroxylation sites is 1. The fourth-order valence-electron chi connectivity index (χ4n) is 4.05. The van der Waals surface area contributed by atoms with Crippen molar-refractivity contribution in [2.45, 2.75) is 13.1 Å². The lowest BCUT2D eigenvalue weighted by atomic mass is 10.1. The lowest BCUT2D eigenvalue weighted by molar-refractivity contribution is 0.0628. The van der Waals surface area contributed by atoms with Crippen LogP contribution in [0.15, 0.2) is 85.5 Å². The van der Waals surface area contributed by atoms with E-state index in [-0.39, 0.29) is 5.91 Å². The van der Waals surface area contributed by atoms with E-state index in [4.69, 9.17) is 0 Å². The third kappa shape index (κ3) is 4.63. The highest BCUT2D eigenvalue weighted by atomic mass is 16.2. The summed E-state index contributed by atoms with van der Waals surface area (Å²) >= 11 is 0. The van der Waals surface area contributed by atoms with Gasteiger partial charge in [0.2, 0.25) is 0 Å². The van der Waals surface area contributed by atoms with Gasteiger partial charge in [0.25, 0.3) is 5.91 Å². The molecule has 1 amide bonds. The van der Waals surface area contributed by atoms with E-state index >= 15 is 0 Å². The number of piperazine rings is 1. The van der Waals surface area contributed by atoms with Crippen LogP contribution in [0.4, 0.5) is 0 Å². The fraction of sp³-hybridized carbons (Fsp3) is 0.240. The molecule has 7 nitrogen and oxygen atoms in total. The quantitative estimate of drug-likeness (QED) is 0.476. The molecule has 0 N–H and O–H groups in total. The van der Waals surface area contributed by atoms with Gasteiger partial charge in [-0.1, -0.05) is 30.3 Å². The molecule has 1 aliphatic heterocycles. The first-order valence-electron chi connectivity index (χ1n) is 10.9. The highest BCUT2D eigenvalue weighted by Gasteiger charge is 2.22. The van der Waals surface area contributed by atoms with Crippen LogP contribution in [-0.4, -0.2) is 61.4 Å². The van der Waals surface area contributed by atoms with E-state index in [0.717, 1.165) is 49.5 Å². The first kappa shape index (κ1) is 20.2. The van der Waals surface area contributed by atoms with Crippen LogP contribution in [0.1, 0.15) is 21.5 Å². The number of hydrogen-bond donors (Lipinski definition) is 0. The van der Waals surface area contributed by atoms with Gasteiger partial charge in [-0.05, 0) is 35.9 Å². The number of hydrogen-bond acceptors (Lipinski definition) is 4. The van der Waals surface area contributed by atoms with Gasteiger partial charge < -0.3 is 4.90 Å². The van der Waals surface area contributed by atoms with Crippen LogP contribution in [0.25, 0.3) is 5.69 Å². The van der Waals surface area contributed by atoms with Gasteiger partial charge in [-0.3, -0.25) is 14.4 Å². The smallest absolute Gasteiger partial charge is 0.253 e. The third-order valence-electron chi connectivity index (χ3n) is 5.83. The van der Waals surface area contributed by atoms with Crippen molar-refractivity contribution in [3.05, 3.63) is 102 Å². The second-order valence-electron chi connectivity index (χ2n) is 8.10. The van der Waals surface area contributed by atoms with Crippen LogP contribution in [-0.2, 0) is 13.1 Å². The molecule has 0 spiro atoms. The van der Waals surface area contributed by atoms with Gasteiger partial charge in [-0.2, -0.15) is 10.2 Å². The summed E-state index contributed by atoms with van der Waals surface area (Å²) in [5, 5.41) is 8.71. The van der Waals surface area contributed by atoms with E-state index in [0.29, 0.717) is 6.54 Å². The van der Waals surface area contributed by atoms with E-state index < -0.39 is 0 Å². The minimum Gasteiger partial charge on any atom is -0.336 e. The molecule has 1 saturated heterocycles. The largest absolute Gasteiger partial charge is 0.336 e. The molecule has 2 aromatic carbocycles. The Kier molecular flexibility index (Phi) is 5.81. The van der Waals surface area contributed by atoms with Crippen LogP contribution >= 0.6 is 0 Å². The molecule has 162 valence electrons. The molecular weight excluding hydrogens is 400 g/mol. The second-order valence-corrected chi connectivity index (χ2v) is 8.10. The monoisotopic (exact) mass is 426 g/mol. The number of aromatic nitrogens is 4. The molecule has 1 aliphatic rings. The molecule has 5 rings (SSSR count). The molecule has 0 radical (unpaired) electrons. The van der Waals surface area contributed by atoms with Gasteiger partial charge >= 0.3 is 0 Å². The molecule has 0 aliphatic carbocycles. The maximum atomic E-state index is 12.9. The Morgan fingerprint density at radius 3 is 2.31 bits per heavy atom. The van der Waals surface area contributed by atoms with Gasteiger partial charge in [0.1, 0.15) is 0 Å². The molecule has 1 fully saturated rings. The van der Waals surface area contributed by atoms with Crippen LogP contribution in [0.5, 0.6) is 0 Å². The standard InChI is InChI=1S/C25H26N6O/c32-25(23-9-7-21(8-10-23)19-30-12-4-11-26-30)29-15-13-28(14-16-29)18-22-17-27-31(20-22)24-5-2-1-3-6-24/h1-12,17,20H,13-16,18-19H2. The first-order chi connectivity index (χ1) is 15.7. The molecule has 3 heterocycles. The summed E-state index contributed by atoms with van der Waals surface area (Å²) in [6.07, 6.45) is 7.71. The number of benzene rings is 2. The van der Waals surface area contributed by atoms with E-state index in [9.17, 15) is 4.79 Å². The van der Waals surface area contributed by atoms with Crippen LogP contribution < -0.4 is 0 Å². The predicted molar refractivity (Wildman–Crippen MR) is 123 cm³/mol. The van der Waals surface area contributed by atoms with Crippen molar-refractivity contribution in [2.75, 3.05) is 26.2 Å². The number of rotatable bonds is 6. The number of carbonyl (C=O) groups is 1. The van der Waals surface area contributed by atoms with Crippen LogP contribution in [0.3, 0.4) is 0 Å². The SMILES string of the molecule is O=C(c1ccc(Cn2cccn2)cc1)N1CCN(Cc2cnn(-c3ccccc3)c2)CC1. The molecule has 32 heavy (non-hydrogen) atoms. The molecule has 7 heteroatoms. The van der Waals surface area contributed by atoms with Crippen molar-refractivity contribution in [3.8, 4) is 5.69 Å². The zero-order valence-electron chi connectivity index (χ0n) is 17.9. The summed E-state index contributed by atoms with van der Waals surface area (Å²) in [5.74, 6) is 0.104. The van der Waals surface area contributed by atoms with E-state index in [1.807, 2.05) is 87.3 Å². The molecule has 4 aromatic rings. The summed E-state index contributed by atoms with van der Waals surface area (Å²) in [4.78, 5) is 17.3. The Morgan fingerprint density at radius 1 is 0.812 bits per heavy atom. The Bertz CT molecular complexity index is 1140. The van der Waals surface area contributed by atoms with Gasteiger partial charge in [0, 0.05) is 62.4 Å². The van der Waals surface area contributed by atoms with Crippen LogP contribution in [0.2, 0.25) is 0 Å². The second kappa shape index (κ2) is 9.20. The molecule has 2 aromatic heterocycles. The Hall–Kier alpha value is -3.71. The third-order valence-corrected chi connectivity index (χ3v) is 5.83. The zero-order valence-corrected chi connectivity index (χ0v) is 17.9. The topological polar surface area (TPSA) is 59.2 Å². The van der Waals surface area contributed by atoms with Gasteiger partial charge in [0.15, 0.2) is 0 Å². The van der Waals surface area contributed by atoms with E-state index in [1.165, 1.54) is 5.56 Å². The fourth-order valence-corrected chi connectivity index (χ4v) is 4.05. The van der Waals surface area contributed by atoms with Crippen molar-refractivity contribution in [3.63, 3.8) is 0 Å². The van der Waals surface area contributed by atoms with Gasteiger partial charge in [-0.15, -0.1) is 0 Å². The average molecular weight is 427 g/mol. The summed E-state index contributed by atoms with van der Waals surface area (Å²) in [5.41, 5.74) is 4.11. The molecular formula is C25H26N6O. The molecule has 0 saturated carbocycles. The minimum absolute atomic E-state index is 0.104. The normalized spacial score (nSPS) is 14.6. The van der Waals surface area contributed by atoms with E-state index in [1.54, 1.807) is 6.20 Å². The first-order valence-corrected chi connectivity index (χ1v) is 10.9. The Labute approximate surface area is 187 Å². The highest BCUT2D eigenvalue weighted by Crippen LogP contribution is 2.14. The molecule has 0 unspecified atom stereocenters. The van der Waals surface area contributed by atoms with Crippen molar-refractivity contribution in [1.29, 1.82) is 0 Å². The van der Waals surface area contributed by atoms with Gasteiger partial charge in [-0.25, -0.2) is 4.68 Å². The average Bonchev–Trinajstić information content (AvgIpc) is 3.53. The summed E-state index contributed by atoms with van der Waals surface area (Å²) < 4.78 is 3.78. The summed E-state index contributed by atoms with van der Waals surface area (Å²) in [6, 6.07) is 19.9. The van der Waals surface area contributed by atoms with Crippen LogP contribution in [0, 0.1) is 0 Å². The zero-order chi connectivity index (χ0) is 21.8. The maximum Gasteiger partial charge on any atom is 0.253 e. The van der Waals surface area contributed by atoms with Crippen molar-refractivity contribution < 1.29 is 4.79 Å². The summed E-state index contributed by atoms with van der Waals surface area (Å²) in [7, 11) is 0. The lowest BCUT2D eigenvalue weighted by Crippen LogP contribution is -2.48. The highest BCUT2D eigenvalue weighted by molar-refractivity contribution is 5.94. The Morgan fingerprint density at radius 2 is 1.59 bits per heavy atom. The van der Waals surface area contributed by atoms with Crippen molar-refractivity contribution in [2.24, 2.45) is 0 Å². The predicted octanol–water partition coefficient (Wildman–Crippen LogP) is 3.08. The Balaban J connectivity index is 1.13. The van der Waals surface area contributed by atoms with Crippen molar-refractivity contribution in [1.82, 2.24) is 29.4 Å². The summed E-state index contributed by atoms with van der Waals surface area (Å²) in [6.45, 7) is 4.75. The number of amides is 1. The van der Waals surface area contributed by atoms with E-state index in [2.05, 4.69) is 21.3 Å². The number of carbonyl (C=O) groups excluding carboxylic acids is 1. The van der Waals surface area contributed by atoms with Gasteiger partial charge in [0.05, 0.1) is 18.4 Å². The molecule has 0 atom stereocenters. The van der Waals surface area contributed by atoms with Crippen molar-refractivity contribution >= 4 is 5.91 Å². The minimum atomic E-state index is 0.104.